The molecule has 1 aromatic carbocycles. The molecule has 2 rings (SSSR count). The van der Waals surface area contributed by atoms with Gasteiger partial charge in [0.05, 0.1) is 11.1 Å². The Morgan fingerprint density at radius 1 is 1.27 bits per heavy atom. The number of carbonyl (C=O) groups excluding carboxylic acids is 1. The first-order valence-corrected chi connectivity index (χ1v) is 7.00. The van der Waals surface area contributed by atoms with E-state index < -0.39 is 17.9 Å². The van der Waals surface area contributed by atoms with Gasteiger partial charge in [0.2, 0.25) is 0 Å². The molecule has 0 spiro atoms. The lowest BCUT2D eigenvalue weighted by molar-refractivity contribution is -0.139. The molecule has 1 heterocycles. The van der Waals surface area contributed by atoms with Crippen molar-refractivity contribution in [3.8, 4) is 0 Å². The fraction of sp³-hybridized carbons (Fsp3) is 0.235. The first-order valence-electron chi connectivity index (χ1n) is 7.00. The summed E-state index contributed by atoms with van der Waals surface area (Å²) in [6, 6.07) is 7.91. The number of aliphatic carboxylic acids is 1. The van der Waals surface area contributed by atoms with Gasteiger partial charge in [-0.1, -0.05) is 29.8 Å². The molecule has 5 nitrogen and oxygen atoms in total. The van der Waals surface area contributed by atoms with E-state index in [1.165, 1.54) is 0 Å². The van der Waals surface area contributed by atoms with Gasteiger partial charge in [-0.15, -0.1) is 0 Å². The molecule has 22 heavy (non-hydrogen) atoms. The second-order valence-electron chi connectivity index (χ2n) is 5.26. The average Bonchev–Trinajstić information content (AvgIpc) is 2.50. The zero-order valence-electron chi connectivity index (χ0n) is 12.5. The van der Waals surface area contributed by atoms with Gasteiger partial charge in [0.25, 0.3) is 5.91 Å². The highest BCUT2D eigenvalue weighted by Crippen LogP contribution is 2.16. The summed E-state index contributed by atoms with van der Waals surface area (Å²) in [5.41, 5.74) is 2.13. The topological polar surface area (TPSA) is 79.3 Å². The van der Waals surface area contributed by atoms with Crippen LogP contribution in [0.15, 0.2) is 48.2 Å². The zero-order chi connectivity index (χ0) is 16.1. The molecule has 0 fully saturated rings. The van der Waals surface area contributed by atoms with Gasteiger partial charge in [-0.2, -0.15) is 0 Å². The van der Waals surface area contributed by atoms with Crippen LogP contribution in [0.5, 0.6) is 0 Å². The number of carboxylic acid groups (broad SMARTS) is 1. The molecular weight excluding hydrogens is 280 g/mol. The maximum absolute atomic E-state index is 12.4. The lowest BCUT2D eigenvalue weighted by Crippen LogP contribution is -2.40. The van der Waals surface area contributed by atoms with Crippen LogP contribution in [0.4, 0.5) is 0 Å². The number of benzene rings is 1. The fourth-order valence-electron chi connectivity index (χ4n) is 2.10. The molecule has 2 aromatic rings. The van der Waals surface area contributed by atoms with Crippen LogP contribution in [0.1, 0.15) is 30.6 Å². The van der Waals surface area contributed by atoms with Crippen LogP contribution in [-0.2, 0) is 4.79 Å². The number of rotatable bonds is 5. The molecule has 1 aromatic heterocycles. The molecule has 0 radical (unpaired) electrons. The third-order valence-corrected chi connectivity index (χ3v) is 3.26. The zero-order valence-corrected chi connectivity index (χ0v) is 12.5. The quantitative estimate of drug-likeness (QED) is 0.832. The summed E-state index contributed by atoms with van der Waals surface area (Å²) in [5, 5.41) is 12.5. The van der Waals surface area contributed by atoms with Crippen molar-refractivity contribution in [2.45, 2.75) is 26.3 Å². The third-order valence-electron chi connectivity index (χ3n) is 3.26. The molecule has 1 amide bonds. The van der Waals surface area contributed by atoms with Gasteiger partial charge in [0.1, 0.15) is 6.04 Å². The van der Waals surface area contributed by atoms with E-state index in [1.807, 2.05) is 32.0 Å². The average molecular weight is 298 g/mol. The molecular formula is C17H18N2O3. The molecule has 1 atom stereocenters. The van der Waals surface area contributed by atoms with E-state index in [0.29, 0.717) is 16.5 Å². The van der Waals surface area contributed by atoms with Gasteiger partial charge < -0.3 is 10.4 Å². The van der Waals surface area contributed by atoms with Crippen LogP contribution in [0, 0.1) is 0 Å². The number of allylic oxidation sites excluding steroid dienone is 1. The summed E-state index contributed by atoms with van der Waals surface area (Å²) in [6.45, 7) is 3.77. The number of para-hydroxylation sites is 1. The number of carboxylic acids is 1. The molecule has 0 saturated heterocycles. The molecule has 0 aliphatic rings. The van der Waals surface area contributed by atoms with Crippen LogP contribution in [0.25, 0.3) is 10.9 Å². The maximum Gasteiger partial charge on any atom is 0.326 e. The Bertz CT molecular complexity index is 728. The normalized spacial score (nSPS) is 11.7. The number of carbonyl (C=O) groups is 2. The van der Waals surface area contributed by atoms with Crippen molar-refractivity contribution in [1.29, 1.82) is 0 Å². The SMILES string of the molecule is CC(C)=CC[C@H](NC(=O)c1ccnc2ccccc12)C(=O)O. The van der Waals surface area contributed by atoms with Crippen molar-refractivity contribution in [3.05, 3.63) is 53.7 Å². The third kappa shape index (κ3) is 3.69. The lowest BCUT2D eigenvalue weighted by atomic mass is 10.1. The van der Waals surface area contributed by atoms with Gasteiger partial charge >= 0.3 is 5.97 Å². The van der Waals surface area contributed by atoms with Gasteiger partial charge in [0, 0.05) is 11.6 Å². The summed E-state index contributed by atoms with van der Waals surface area (Å²) in [6.07, 6.45) is 3.60. The highest BCUT2D eigenvalue weighted by molar-refractivity contribution is 6.06. The largest absolute Gasteiger partial charge is 0.480 e. The van der Waals surface area contributed by atoms with Crippen molar-refractivity contribution < 1.29 is 14.7 Å². The van der Waals surface area contributed by atoms with E-state index in [4.69, 9.17) is 0 Å². The number of hydrogen-bond donors (Lipinski definition) is 2. The van der Waals surface area contributed by atoms with Gasteiger partial charge in [-0.3, -0.25) is 9.78 Å². The Hall–Kier alpha value is -2.69. The fourth-order valence-corrected chi connectivity index (χ4v) is 2.10. The van der Waals surface area contributed by atoms with Gasteiger partial charge in [-0.05, 0) is 32.4 Å². The molecule has 0 saturated carbocycles. The van der Waals surface area contributed by atoms with E-state index in [1.54, 1.807) is 24.4 Å². The Kier molecular flexibility index (Phi) is 4.88. The van der Waals surface area contributed by atoms with Crippen molar-refractivity contribution in [1.82, 2.24) is 10.3 Å². The van der Waals surface area contributed by atoms with Crippen LogP contribution in [0.2, 0.25) is 0 Å². The summed E-state index contributed by atoms with van der Waals surface area (Å²) < 4.78 is 0. The Morgan fingerprint density at radius 2 is 2.00 bits per heavy atom. The van der Waals surface area contributed by atoms with Gasteiger partial charge in [-0.25, -0.2) is 4.79 Å². The molecule has 114 valence electrons. The number of aromatic nitrogens is 1. The molecule has 0 unspecified atom stereocenters. The molecule has 5 heteroatoms. The number of pyridine rings is 1. The number of amides is 1. The van der Waals surface area contributed by atoms with Crippen LogP contribution in [0.3, 0.4) is 0 Å². The Balaban J connectivity index is 2.26. The van der Waals surface area contributed by atoms with E-state index in [9.17, 15) is 14.7 Å². The maximum atomic E-state index is 12.4. The standard InChI is InChI=1S/C17H18N2O3/c1-11(2)7-8-15(17(21)22)19-16(20)13-9-10-18-14-6-4-3-5-12(13)14/h3-7,9-10,15H,8H2,1-2H3,(H,19,20)(H,21,22)/t15-/m0/s1. The molecule has 0 bridgehead atoms. The van der Waals surface area contributed by atoms with E-state index in [0.717, 1.165) is 5.57 Å². The van der Waals surface area contributed by atoms with Crippen LogP contribution in [-0.4, -0.2) is 28.0 Å². The summed E-state index contributed by atoms with van der Waals surface area (Å²) >= 11 is 0. The first-order chi connectivity index (χ1) is 10.5. The number of nitrogens with zero attached hydrogens (tertiary/aromatic N) is 1. The van der Waals surface area contributed by atoms with E-state index >= 15 is 0 Å². The highest BCUT2D eigenvalue weighted by atomic mass is 16.4. The van der Waals surface area contributed by atoms with Crippen molar-refractivity contribution in [3.63, 3.8) is 0 Å². The summed E-state index contributed by atoms with van der Waals surface area (Å²) in [5.74, 6) is -1.46. The summed E-state index contributed by atoms with van der Waals surface area (Å²) in [7, 11) is 0. The Labute approximate surface area is 128 Å². The predicted octanol–water partition coefficient (Wildman–Crippen LogP) is 2.77. The molecule has 2 N–H and O–H groups in total. The molecule has 0 aliphatic carbocycles. The monoisotopic (exact) mass is 298 g/mol. The van der Waals surface area contributed by atoms with Gasteiger partial charge in [0.15, 0.2) is 0 Å². The first kappa shape index (κ1) is 15.7. The summed E-state index contributed by atoms with van der Waals surface area (Å²) in [4.78, 5) is 27.9. The minimum atomic E-state index is -1.05. The number of fused-ring (bicyclic) bond motifs is 1. The Morgan fingerprint density at radius 3 is 2.68 bits per heavy atom. The van der Waals surface area contributed by atoms with Crippen molar-refractivity contribution in [2.75, 3.05) is 0 Å². The minimum Gasteiger partial charge on any atom is -0.480 e. The molecule has 0 aliphatic heterocycles. The smallest absolute Gasteiger partial charge is 0.326 e. The van der Waals surface area contributed by atoms with Crippen molar-refractivity contribution in [2.24, 2.45) is 0 Å². The van der Waals surface area contributed by atoms with Crippen molar-refractivity contribution >= 4 is 22.8 Å². The van der Waals surface area contributed by atoms with E-state index in [2.05, 4.69) is 10.3 Å². The van der Waals surface area contributed by atoms with E-state index in [-0.39, 0.29) is 6.42 Å². The van der Waals surface area contributed by atoms with Crippen LogP contribution < -0.4 is 5.32 Å². The number of hydrogen-bond acceptors (Lipinski definition) is 3. The second kappa shape index (κ2) is 6.85. The second-order valence-corrected chi connectivity index (χ2v) is 5.26. The lowest BCUT2D eigenvalue weighted by Gasteiger charge is -2.14. The predicted molar refractivity (Wildman–Crippen MR) is 84.7 cm³/mol. The number of nitrogens with one attached hydrogen (secondary N) is 1. The highest BCUT2D eigenvalue weighted by Gasteiger charge is 2.20. The van der Waals surface area contributed by atoms with Crippen LogP contribution >= 0.6 is 0 Å². The minimum absolute atomic E-state index is 0.256.